The number of benzene rings is 3. The molecule has 4 heteroatoms. The fourth-order valence-electron chi connectivity index (χ4n) is 3.81. The Morgan fingerprint density at radius 2 is 1.16 bits per heavy atom. The minimum Gasteiger partial charge on any atom is -0.278 e. The second-order valence-corrected chi connectivity index (χ2v) is 7.07. The number of para-hydroxylation sites is 1. The monoisotopic (exact) mass is 400 g/mol. The Hall–Kier alpha value is -4.31. The maximum atomic E-state index is 4.86. The second-order valence-electron chi connectivity index (χ2n) is 7.07. The molecular weight excluding hydrogens is 380 g/mol. The Morgan fingerprint density at radius 1 is 0.613 bits per heavy atom. The summed E-state index contributed by atoms with van der Waals surface area (Å²) in [4.78, 5) is 14.5. The number of rotatable bonds is 5. The van der Waals surface area contributed by atoms with Crippen molar-refractivity contribution in [2.45, 2.75) is 0 Å². The average molecular weight is 400 g/mol. The number of nitrogens with zero attached hydrogens (tertiary/aromatic N) is 4. The minimum atomic E-state index is 0.548. The Kier molecular flexibility index (Phi) is 4.73. The summed E-state index contributed by atoms with van der Waals surface area (Å²) in [6.07, 6.45) is 3.68. The van der Waals surface area contributed by atoms with Gasteiger partial charge in [-0.05, 0) is 12.1 Å². The molecule has 2 heterocycles. The maximum Gasteiger partial charge on any atom is 0.238 e. The van der Waals surface area contributed by atoms with Crippen LogP contribution in [0.4, 0.5) is 0 Å². The Bertz CT molecular complexity index is 1340. The summed E-state index contributed by atoms with van der Waals surface area (Å²) in [5.41, 5.74) is 4.78. The van der Waals surface area contributed by atoms with Gasteiger partial charge in [0.1, 0.15) is 0 Å². The second kappa shape index (κ2) is 7.84. The first-order valence-electron chi connectivity index (χ1n) is 10.1. The molecule has 0 aliphatic rings. The Balaban J connectivity index is 1.85. The van der Waals surface area contributed by atoms with Crippen molar-refractivity contribution < 1.29 is 0 Å². The van der Waals surface area contributed by atoms with Gasteiger partial charge in [0.25, 0.3) is 0 Å². The molecule has 0 N–H and O–H groups in total. The van der Waals surface area contributed by atoms with Crippen molar-refractivity contribution in [1.29, 1.82) is 0 Å². The lowest BCUT2D eigenvalue weighted by Gasteiger charge is -2.11. The van der Waals surface area contributed by atoms with Crippen LogP contribution in [0.15, 0.2) is 98.1 Å². The first-order valence-corrected chi connectivity index (χ1v) is 10.1. The van der Waals surface area contributed by atoms with Crippen LogP contribution in [0.1, 0.15) is 11.3 Å². The molecule has 31 heavy (non-hydrogen) atoms. The number of aromatic nitrogens is 4. The molecule has 2 aromatic heterocycles. The summed E-state index contributed by atoms with van der Waals surface area (Å²) >= 11 is 0. The molecule has 0 fully saturated rings. The van der Waals surface area contributed by atoms with Gasteiger partial charge in [-0.1, -0.05) is 98.1 Å². The Labute approximate surface area is 180 Å². The quantitative estimate of drug-likeness (QED) is 0.341. The lowest BCUT2D eigenvalue weighted by Crippen LogP contribution is -2.07. The smallest absolute Gasteiger partial charge is 0.238 e. The summed E-state index contributed by atoms with van der Waals surface area (Å²) < 4.78 is 2.03. The molecular formula is C27H20N4. The van der Waals surface area contributed by atoms with Crippen LogP contribution in [0.5, 0.6) is 0 Å². The van der Waals surface area contributed by atoms with Gasteiger partial charge in [-0.25, -0.2) is 4.98 Å². The van der Waals surface area contributed by atoms with Crippen molar-refractivity contribution in [2.24, 2.45) is 0 Å². The normalized spacial score (nSPS) is 10.8. The van der Waals surface area contributed by atoms with Crippen molar-refractivity contribution >= 4 is 23.1 Å². The van der Waals surface area contributed by atoms with Gasteiger partial charge in [-0.3, -0.25) is 4.57 Å². The van der Waals surface area contributed by atoms with Crippen molar-refractivity contribution in [3.8, 4) is 28.7 Å². The van der Waals surface area contributed by atoms with Gasteiger partial charge in [-0.2, -0.15) is 9.97 Å². The van der Waals surface area contributed by atoms with Crippen LogP contribution in [-0.4, -0.2) is 19.5 Å². The summed E-state index contributed by atoms with van der Waals surface area (Å²) in [5, 5.41) is 1.08. The zero-order valence-corrected chi connectivity index (χ0v) is 16.9. The van der Waals surface area contributed by atoms with E-state index in [-0.39, 0.29) is 0 Å². The van der Waals surface area contributed by atoms with Crippen LogP contribution in [0.3, 0.4) is 0 Å². The molecule has 3 aromatic carbocycles. The molecule has 0 saturated carbocycles. The van der Waals surface area contributed by atoms with E-state index < -0.39 is 0 Å². The van der Waals surface area contributed by atoms with Crippen molar-refractivity contribution in [2.75, 3.05) is 0 Å². The van der Waals surface area contributed by atoms with E-state index in [0.29, 0.717) is 17.6 Å². The van der Waals surface area contributed by atoms with Gasteiger partial charge >= 0.3 is 0 Å². The van der Waals surface area contributed by atoms with Gasteiger partial charge in [0.05, 0.1) is 11.2 Å². The van der Waals surface area contributed by atoms with Crippen molar-refractivity contribution in [3.05, 3.63) is 109 Å². The van der Waals surface area contributed by atoms with Crippen LogP contribution < -0.4 is 0 Å². The molecule has 5 rings (SSSR count). The SMILES string of the molecule is C=Cc1c(C=C)n(-c2nc(-c3ccccc3)nc(-c3ccccc3)n2)c2ccccc12. The molecule has 0 spiro atoms. The molecule has 0 aliphatic carbocycles. The highest BCUT2D eigenvalue weighted by Crippen LogP contribution is 2.31. The van der Waals surface area contributed by atoms with E-state index in [1.165, 1.54) is 0 Å². The van der Waals surface area contributed by atoms with E-state index in [0.717, 1.165) is 33.3 Å². The zero-order valence-electron chi connectivity index (χ0n) is 16.9. The lowest BCUT2D eigenvalue weighted by molar-refractivity contribution is 0.926. The molecule has 4 nitrogen and oxygen atoms in total. The zero-order chi connectivity index (χ0) is 21.2. The topological polar surface area (TPSA) is 43.6 Å². The highest BCUT2D eigenvalue weighted by Gasteiger charge is 2.18. The molecule has 0 amide bonds. The third kappa shape index (κ3) is 3.24. The summed E-state index contributed by atoms with van der Waals surface area (Å²) in [6, 6.07) is 28.1. The van der Waals surface area contributed by atoms with Crippen molar-refractivity contribution in [1.82, 2.24) is 19.5 Å². The molecule has 5 aromatic rings. The summed E-state index contributed by atoms with van der Waals surface area (Å²) in [6.45, 7) is 8.06. The van der Waals surface area contributed by atoms with E-state index in [1.54, 1.807) is 0 Å². The van der Waals surface area contributed by atoms with Gasteiger partial charge < -0.3 is 0 Å². The maximum absolute atomic E-state index is 4.86. The highest BCUT2D eigenvalue weighted by molar-refractivity contribution is 5.94. The fraction of sp³-hybridized carbons (Fsp3) is 0. The predicted molar refractivity (Wildman–Crippen MR) is 128 cm³/mol. The minimum absolute atomic E-state index is 0.548. The molecule has 0 atom stereocenters. The fourth-order valence-corrected chi connectivity index (χ4v) is 3.81. The summed E-state index contributed by atoms with van der Waals surface area (Å²) in [5.74, 6) is 1.79. The standard InChI is InChI=1S/C27H20N4/c1-3-21-22-17-11-12-18-24(22)31(23(21)4-2)27-29-25(19-13-7-5-8-14-19)28-26(30-27)20-15-9-6-10-16-20/h3-18H,1-2H2. The first-order chi connectivity index (χ1) is 15.3. The largest absolute Gasteiger partial charge is 0.278 e. The van der Waals surface area contributed by atoms with Crippen LogP contribution in [0.2, 0.25) is 0 Å². The summed E-state index contributed by atoms with van der Waals surface area (Å²) in [7, 11) is 0. The lowest BCUT2D eigenvalue weighted by atomic mass is 10.1. The number of fused-ring (bicyclic) bond motifs is 1. The van der Waals surface area contributed by atoms with E-state index in [1.807, 2.05) is 89.5 Å². The van der Waals surface area contributed by atoms with Gasteiger partial charge in [0.2, 0.25) is 5.95 Å². The third-order valence-corrected chi connectivity index (χ3v) is 5.24. The molecule has 0 saturated heterocycles. The number of hydrogen-bond donors (Lipinski definition) is 0. The van der Waals surface area contributed by atoms with E-state index >= 15 is 0 Å². The van der Waals surface area contributed by atoms with E-state index in [9.17, 15) is 0 Å². The molecule has 0 bridgehead atoms. The number of hydrogen-bond acceptors (Lipinski definition) is 3. The van der Waals surface area contributed by atoms with Crippen LogP contribution in [0, 0.1) is 0 Å². The highest BCUT2D eigenvalue weighted by atomic mass is 15.2. The average Bonchev–Trinajstić information content (AvgIpc) is 3.18. The van der Waals surface area contributed by atoms with Crippen LogP contribution >= 0.6 is 0 Å². The van der Waals surface area contributed by atoms with Crippen molar-refractivity contribution in [3.63, 3.8) is 0 Å². The molecule has 148 valence electrons. The molecule has 0 radical (unpaired) electrons. The Morgan fingerprint density at radius 3 is 1.71 bits per heavy atom. The van der Waals surface area contributed by atoms with E-state index in [4.69, 9.17) is 15.0 Å². The first kappa shape index (κ1) is 18.7. The van der Waals surface area contributed by atoms with Gasteiger partial charge in [-0.15, -0.1) is 0 Å². The third-order valence-electron chi connectivity index (χ3n) is 5.24. The van der Waals surface area contributed by atoms with E-state index in [2.05, 4.69) is 25.3 Å². The van der Waals surface area contributed by atoms with Gasteiger partial charge in [0, 0.05) is 22.1 Å². The van der Waals surface area contributed by atoms with Gasteiger partial charge in [0.15, 0.2) is 11.6 Å². The van der Waals surface area contributed by atoms with Crippen LogP contribution in [0.25, 0.3) is 51.8 Å². The van der Waals surface area contributed by atoms with Crippen LogP contribution in [-0.2, 0) is 0 Å². The molecule has 0 aliphatic heterocycles. The molecule has 0 unspecified atom stereocenters. The predicted octanol–water partition coefficient (Wildman–Crippen LogP) is 6.44.